The number of ether oxygens (including phenoxy) is 1. The van der Waals surface area contributed by atoms with Crippen LogP contribution in [0.4, 0.5) is 0 Å². The molecule has 0 radical (unpaired) electrons. The number of hydrogen-bond acceptors (Lipinski definition) is 5. The van der Waals surface area contributed by atoms with Crippen molar-refractivity contribution in [3.8, 4) is 0 Å². The molecule has 1 N–H and O–H groups in total. The lowest BCUT2D eigenvalue weighted by Gasteiger charge is -2.08. The summed E-state index contributed by atoms with van der Waals surface area (Å²) in [5.41, 5.74) is 3.48. The summed E-state index contributed by atoms with van der Waals surface area (Å²) >= 11 is 1.69. The van der Waals surface area contributed by atoms with Gasteiger partial charge in [-0.3, -0.25) is 0 Å². The lowest BCUT2D eigenvalue weighted by Crippen LogP contribution is -2.27. The fraction of sp³-hybridized carbons (Fsp3) is 0.316. The summed E-state index contributed by atoms with van der Waals surface area (Å²) in [6, 6.07) is 14.7. The van der Waals surface area contributed by atoms with Gasteiger partial charge in [0.05, 0.1) is 18.4 Å². The summed E-state index contributed by atoms with van der Waals surface area (Å²) in [4.78, 5) is 11.4. The number of methoxy groups -OCH3 is 1. The molecule has 5 nitrogen and oxygen atoms in total. The van der Waals surface area contributed by atoms with Gasteiger partial charge in [-0.05, 0) is 30.2 Å². The van der Waals surface area contributed by atoms with Crippen molar-refractivity contribution in [3.63, 3.8) is 0 Å². The molecule has 0 aliphatic rings. The van der Waals surface area contributed by atoms with Crippen LogP contribution in [0.25, 0.3) is 0 Å². The Balaban J connectivity index is 1.74. The monoisotopic (exact) mass is 393 g/mol. The first kappa shape index (κ1) is 20.5. The van der Waals surface area contributed by atoms with Crippen LogP contribution in [0, 0.1) is 6.92 Å². The number of carbonyl (C=O) groups is 1. The molecule has 0 saturated carbocycles. The lowest BCUT2D eigenvalue weighted by atomic mass is 10.1. The van der Waals surface area contributed by atoms with E-state index in [0.717, 1.165) is 5.75 Å². The zero-order valence-corrected chi connectivity index (χ0v) is 16.5. The maximum atomic E-state index is 12.1. The third kappa shape index (κ3) is 6.82. The quantitative estimate of drug-likeness (QED) is 0.523. The summed E-state index contributed by atoms with van der Waals surface area (Å²) in [5, 5.41) is 0. The molecule has 26 heavy (non-hydrogen) atoms. The Morgan fingerprint density at radius 1 is 1.04 bits per heavy atom. The van der Waals surface area contributed by atoms with E-state index in [1.807, 2.05) is 0 Å². The normalized spacial score (nSPS) is 11.3. The van der Waals surface area contributed by atoms with Gasteiger partial charge in [-0.1, -0.05) is 42.0 Å². The number of benzene rings is 2. The van der Waals surface area contributed by atoms with Gasteiger partial charge in [-0.15, -0.1) is 0 Å². The molecule has 2 rings (SSSR count). The number of carbonyl (C=O) groups excluding carboxylic acids is 1. The zero-order valence-electron chi connectivity index (χ0n) is 14.9. The van der Waals surface area contributed by atoms with Crippen LogP contribution in [0.5, 0.6) is 0 Å². The predicted octanol–water partition coefficient (Wildman–Crippen LogP) is 3.13. The van der Waals surface area contributed by atoms with Crippen LogP contribution in [-0.4, -0.2) is 33.8 Å². The highest BCUT2D eigenvalue weighted by Gasteiger charge is 2.12. The second-order valence-corrected chi connectivity index (χ2v) is 8.79. The van der Waals surface area contributed by atoms with E-state index in [9.17, 15) is 13.2 Å². The summed E-state index contributed by atoms with van der Waals surface area (Å²) in [7, 11) is -2.10. The third-order valence-electron chi connectivity index (χ3n) is 3.69. The zero-order chi connectivity index (χ0) is 19.0. The first-order valence-corrected chi connectivity index (χ1v) is 11.0. The number of hydrogen-bond donors (Lipinski definition) is 1. The van der Waals surface area contributed by atoms with Gasteiger partial charge in [0, 0.05) is 18.1 Å². The van der Waals surface area contributed by atoms with E-state index in [0.29, 0.717) is 23.4 Å². The minimum absolute atomic E-state index is 0.114. The van der Waals surface area contributed by atoms with Gasteiger partial charge in [0.1, 0.15) is 0 Å². The van der Waals surface area contributed by atoms with Crippen molar-refractivity contribution < 1.29 is 17.9 Å². The molecule has 0 atom stereocenters. The van der Waals surface area contributed by atoms with E-state index in [1.165, 1.54) is 18.2 Å². The van der Waals surface area contributed by atoms with Gasteiger partial charge in [0.25, 0.3) is 0 Å². The van der Waals surface area contributed by atoms with E-state index in [1.54, 1.807) is 36.0 Å². The number of nitrogens with one attached hydrogen (secondary N) is 1. The molecule has 2 aromatic carbocycles. The fourth-order valence-corrected chi connectivity index (χ4v) is 4.36. The Bertz CT molecular complexity index is 816. The Hall–Kier alpha value is -1.83. The maximum absolute atomic E-state index is 12.1. The molecule has 0 heterocycles. The van der Waals surface area contributed by atoms with Gasteiger partial charge in [0.2, 0.25) is 10.0 Å². The lowest BCUT2D eigenvalue weighted by molar-refractivity contribution is 0.0600. The van der Waals surface area contributed by atoms with Crippen LogP contribution < -0.4 is 4.72 Å². The van der Waals surface area contributed by atoms with E-state index < -0.39 is 16.0 Å². The number of rotatable bonds is 9. The van der Waals surface area contributed by atoms with Crippen LogP contribution in [0.3, 0.4) is 0 Å². The molecule has 0 fully saturated rings. The molecule has 0 amide bonds. The van der Waals surface area contributed by atoms with Gasteiger partial charge >= 0.3 is 5.97 Å². The van der Waals surface area contributed by atoms with Gasteiger partial charge in [-0.25, -0.2) is 17.9 Å². The molecule has 2 aromatic rings. The van der Waals surface area contributed by atoms with Crippen LogP contribution in [0.15, 0.2) is 48.5 Å². The summed E-state index contributed by atoms with van der Waals surface area (Å²) in [6.07, 6.45) is 0. The minimum Gasteiger partial charge on any atom is -0.465 e. The second-order valence-electron chi connectivity index (χ2n) is 5.88. The molecular formula is C19H23NO4S2. The summed E-state index contributed by atoms with van der Waals surface area (Å²) in [5.74, 6) is 1.01. The molecule has 0 aromatic heterocycles. The first-order valence-electron chi connectivity index (χ1n) is 8.17. The topological polar surface area (TPSA) is 72.5 Å². The third-order valence-corrected chi connectivity index (χ3v) is 6.08. The Morgan fingerprint density at radius 3 is 2.27 bits per heavy atom. The highest BCUT2D eigenvalue weighted by Crippen LogP contribution is 2.13. The van der Waals surface area contributed by atoms with Crippen LogP contribution in [0.1, 0.15) is 27.0 Å². The molecule has 0 bridgehead atoms. The Kier molecular flexibility index (Phi) is 7.68. The molecule has 140 valence electrons. The fourth-order valence-electron chi connectivity index (χ4n) is 2.27. The van der Waals surface area contributed by atoms with Gasteiger partial charge in [0.15, 0.2) is 0 Å². The standard InChI is InChI=1S/C19H23NO4S2/c1-15-3-5-16(6-4-15)13-25-12-11-20-26(22,23)14-17-7-9-18(10-8-17)19(21)24-2/h3-10,20H,11-14H2,1-2H3. The minimum atomic E-state index is -3.40. The number of aryl methyl sites for hydroxylation is 1. The highest BCUT2D eigenvalue weighted by molar-refractivity contribution is 7.98. The van der Waals surface area contributed by atoms with E-state index in [4.69, 9.17) is 0 Å². The number of thioether (sulfide) groups is 1. The van der Waals surface area contributed by atoms with Crippen molar-refractivity contribution in [1.82, 2.24) is 4.72 Å². The average Bonchev–Trinajstić information content (AvgIpc) is 2.62. The summed E-state index contributed by atoms with van der Waals surface area (Å²) in [6.45, 7) is 2.44. The smallest absolute Gasteiger partial charge is 0.337 e. The van der Waals surface area contributed by atoms with Crippen LogP contribution >= 0.6 is 11.8 Å². The van der Waals surface area contributed by atoms with Crippen molar-refractivity contribution in [1.29, 1.82) is 0 Å². The van der Waals surface area contributed by atoms with Crippen molar-refractivity contribution >= 4 is 27.8 Å². The van der Waals surface area contributed by atoms with Gasteiger partial charge < -0.3 is 4.74 Å². The molecule has 0 unspecified atom stereocenters. The van der Waals surface area contributed by atoms with Gasteiger partial charge in [-0.2, -0.15) is 11.8 Å². The number of esters is 1. The largest absolute Gasteiger partial charge is 0.465 e. The second kappa shape index (κ2) is 9.75. The Morgan fingerprint density at radius 2 is 1.65 bits per heavy atom. The molecule has 0 aliphatic heterocycles. The van der Waals surface area contributed by atoms with Crippen molar-refractivity contribution in [3.05, 3.63) is 70.8 Å². The van der Waals surface area contributed by atoms with E-state index in [-0.39, 0.29) is 5.75 Å². The highest BCUT2D eigenvalue weighted by atomic mass is 32.2. The van der Waals surface area contributed by atoms with E-state index in [2.05, 4.69) is 40.6 Å². The SMILES string of the molecule is COC(=O)c1ccc(CS(=O)(=O)NCCSCc2ccc(C)cc2)cc1. The average molecular weight is 394 g/mol. The summed E-state index contributed by atoms with van der Waals surface area (Å²) < 4.78 is 31.5. The van der Waals surface area contributed by atoms with E-state index >= 15 is 0 Å². The predicted molar refractivity (Wildman–Crippen MR) is 106 cm³/mol. The Labute approximate surface area is 159 Å². The molecule has 0 saturated heterocycles. The molecule has 7 heteroatoms. The van der Waals surface area contributed by atoms with Crippen LogP contribution in [0.2, 0.25) is 0 Å². The van der Waals surface area contributed by atoms with Crippen molar-refractivity contribution in [2.24, 2.45) is 0 Å². The van der Waals surface area contributed by atoms with Crippen molar-refractivity contribution in [2.75, 3.05) is 19.4 Å². The molecule has 0 aliphatic carbocycles. The molecular weight excluding hydrogens is 370 g/mol. The van der Waals surface area contributed by atoms with Crippen LogP contribution in [-0.2, 0) is 26.3 Å². The first-order chi connectivity index (χ1) is 12.4. The maximum Gasteiger partial charge on any atom is 0.337 e. The number of sulfonamides is 1. The molecule has 0 spiro atoms. The van der Waals surface area contributed by atoms with Crippen molar-refractivity contribution in [2.45, 2.75) is 18.4 Å².